The fourth-order valence-corrected chi connectivity index (χ4v) is 1.86. The summed E-state index contributed by atoms with van der Waals surface area (Å²) in [6.07, 6.45) is 4.13. The summed E-state index contributed by atoms with van der Waals surface area (Å²) in [6.45, 7) is 1.09. The average molecular weight is 183 g/mol. The summed E-state index contributed by atoms with van der Waals surface area (Å²) in [5.74, 6) is 0. The van der Waals surface area contributed by atoms with Gasteiger partial charge in [0, 0.05) is 17.8 Å². The van der Waals surface area contributed by atoms with E-state index in [1.165, 1.54) is 12.8 Å². The van der Waals surface area contributed by atoms with Gasteiger partial charge in [0.05, 0.1) is 0 Å². The molecule has 1 fully saturated rings. The second kappa shape index (κ2) is 3.42. The number of nitrogens with one attached hydrogen (secondary N) is 1. The molecular formula is C9H11ClN2. The quantitative estimate of drug-likeness (QED) is 0.674. The number of hydrogen-bond donors (Lipinski definition) is 1. The van der Waals surface area contributed by atoms with Gasteiger partial charge < -0.3 is 5.32 Å². The van der Waals surface area contributed by atoms with Crippen LogP contribution in [-0.4, -0.2) is 11.5 Å². The Balaban J connectivity index is 2.26. The minimum Gasteiger partial charge on any atom is -0.310 e. The third kappa shape index (κ3) is 1.45. The standard InChI is InChI=1S/C9H11ClN2/c10-9-7(3-1-6-12-9)8-4-2-5-11-8/h1,3,6,8,11H,2,4-5H2. The molecule has 1 aliphatic heterocycles. The van der Waals surface area contributed by atoms with E-state index in [-0.39, 0.29) is 0 Å². The normalized spacial score (nSPS) is 22.9. The van der Waals surface area contributed by atoms with Crippen LogP contribution < -0.4 is 5.32 Å². The van der Waals surface area contributed by atoms with Gasteiger partial charge in [-0.05, 0) is 25.5 Å². The van der Waals surface area contributed by atoms with Crippen molar-refractivity contribution in [2.75, 3.05) is 6.54 Å². The van der Waals surface area contributed by atoms with Crippen LogP contribution in [0, 0.1) is 0 Å². The van der Waals surface area contributed by atoms with Crippen LogP contribution in [0.4, 0.5) is 0 Å². The molecule has 1 saturated heterocycles. The van der Waals surface area contributed by atoms with E-state index in [4.69, 9.17) is 11.6 Å². The van der Waals surface area contributed by atoms with Crippen LogP contribution in [0.5, 0.6) is 0 Å². The lowest BCUT2D eigenvalue weighted by Crippen LogP contribution is -2.13. The smallest absolute Gasteiger partial charge is 0.133 e. The van der Waals surface area contributed by atoms with Gasteiger partial charge in [0.2, 0.25) is 0 Å². The lowest BCUT2D eigenvalue weighted by atomic mass is 10.1. The van der Waals surface area contributed by atoms with Crippen molar-refractivity contribution in [3.8, 4) is 0 Å². The first-order valence-corrected chi connectivity index (χ1v) is 4.59. The predicted octanol–water partition coefficient (Wildman–Crippen LogP) is 2.16. The third-order valence-electron chi connectivity index (χ3n) is 2.22. The molecule has 0 saturated carbocycles. The van der Waals surface area contributed by atoms with E-state index in [1.807, 2.05) is 12.1 Å². The lowest BCUT2D eigenvalue weighted by Gasteiger charge is -2.10. The first-order chi connectivity index (χ1) is 5.88. The van der Waals surface area contributed by atoms with Gasteiger partial charge in [-0.15, -0.1) is 0 Å². The highest BCUT2D eigenvalue weighted by Crippen LogP contribution is 2.26. The van der Waals surface area contributed by atoms with Gasteiger partial charge in [-0.25, -0.2) is 4.98 Å². The summed E-state index contributed by atoms with van der Waals surface area (Å²) in [7, 11) is 0. The Morgan fingerprint density at radius 3 is 3.17 bits per heavy atom. The van der Waals surface area contributed by atoms with Crippen LogP contribution in [-0.2, 0) is 0 Å². The molecule has 0 bridgehead atoms. The highest BCUT2D eigenvalue weighted by Gasteiger charge is 2.18. The minimum absolute atomic E-state index is 0.422. The topological polar surface area (TPSA) is 24.9 Å². The molecule has 1 aliphatic rings. The molecule has 2 nitrogen and oxygen atoms in total. The molecular weight excluding hydrogens is 172 g/mol. The average Bonchev–Trinajstić information content (AvgIpc) is 2.57. The minimum atomic E-state index is 0.422. The number of nitrogens with zero attached hydrogens (tertiary/aromatic N) is 1. The number of aromatic nitrogens is 1. The zero-order valence-corrected chi connectivity index (χ0v) is 7.51. The highest BCUT2D eigenvalue weighted by atomic mass is 35.5. The van der Waals surface area contributed by atoms with Gasteiger partial charge in [-0.1, -0.05) is 17.7 Å². The molecule has 1 atom stereocenters. The van der Waals surface area contributed by atoms with Gasteiger partial charge in [-0.3, -0.25) is 0 Å². The van der Waals surface area contributed by atoms with Crippen molar-refractivity contribution < 1.29 is 0 Å². The van der Waals surface area contributed by atoms with Crippen molar-refractivity contribution in [2.45, 2.75) is 18.9 Å². The van der Waals surface area contributed by atoms with Crippen LogP contribution in [0.2, 0.25) is 5.15 Å². The Morgan fingerprint density at radius 1 is 1.58 bits per heavy atom. The molecule has 0 radical (unpaired) electrons. The molecule has 0 spiro atoms. The summed E-state index contributed by atoms with van der Waals surface area (Å²) < 4.78 is 0. The molecule has 1 N–H and O–H groups in total. The summed E-state index contributed by atoms with van der Waals surface area (Å²) in [6, 6.07) is 4.39. The molecule has 0 aliphatic carbocycles. The fraction of sp³-hybridized carbons (Fsp3) is 0.444. The Morgan fingerprint density at radius 2 is 2.50 bits per heavy atom. The summed E-state index contributed by atoms with van der Waals surface area (Å²) in [4.78, 5) is 4.05. The van der Waals surface area contributed by atoms with Crippen molar-refractivity contribution in [2.24, 2.45) is 0 Å². The van der Waals surface area contributed by atoms with Gasteiger partial charge in [-0.2, -0.15) is 0 Å². The van der Waals surface area contributed by atoms with Gasteiger partial charge >= 0.3 is 0 Å². The Bertz CT molecular complexity index is 269. The van der Waals surface area contributed by atoms with E-state index < -0.39 is 0 Å². The number of hydrogen-bond acceptors (Lipinski definition) is 2. The fourth-order valence-electron chi connectivity index (χ4n) is 1.61. The predicted molar refractivity (Wildman–Crippen MR) is 49.2 cm³/mol. The maximum absolute atomic E-state index is 5.95. The summed E-state index contributed by atoms with van der Waals surface area (Å²) >= 11 is 5.95. The molecule has 64 valence electrons. The molecule has 2 rings (SSSR count). The third-order valence-corrected chi connectivity index (χ3v) is 2.54. The SMILES string of the molecule is Clc1ncccc1C1CCCN1. The molecule has 3 heteroatoms. The zero-order valence-electron chi connectivity index (χ0n) is 6.76. The van der Waals surface area contributed by atoms with Crippen LogP contribution in [0.15, 0.2) is 18.3 Å². The van der Waals surface area contributed by atoms with Crippen molar-refractivity contribution in [1.82, 2.24) is 10.3 Å². The molecule has 2 heterocycles. The van der Waals surface area contributed by atoms with Gasteiger partial charge in [0.1, 0.15) is 5.15 Å². The lowest BCUT2D eigenvalue weighted by molar-refractivity contribution is 0.645. The van der Waals surface area contributed by atoms with E-state index in [1.54, 1.807) is 6.20 Å². The van der Waals surface area contributed by atoms with E-state index in [9.17, 15) is 0 Å². The van der Waals surface area contributed by atoms with Crippen molar-refractivity contribution in [3.63, 3.8) is 0 Å². The van der Waals surface area contributed by atoms with E-state index in [0.717, 1.165) is 12.1 Å². The van der Waals surface area contributed by atoms with Crippen molar-refractivity contribution in [3.05, 3.63) is 29.0 Å². The van der Waals surface area contributed by atoms with Crippen LogP contribution in [0.1, 0.15) is 24.4 Å². The number of halogens is 1. The van der Waals surface area contributed by atoms with Gasteiger partial charge in [0.25, 0.3) is 0 Å². The second-order valence-corrected chi connectivity index (χ2v) is 3.39. The second-order valence-electron chi connectivity index (χ2n) is 3.03. The highest BCUT2D eigenvalue weighted by molar-refractivity contribution is 6.30. The maximum Gasteiger partial charge on any atom is 0.133 e. The molecule has 1 aromatic rings. The summed E-state index contributed by atoms with van der Waals surface area (Å²) in [5, 5.41) is 4.03. The monoisotopic (exact) mass is 182 g/mol. The number of pyridine rings is 1. The zero-order chi connectivity index (χ0) is 8.39. The molecule has 1 unspecified atom stereocenters. The van der Waals surface area contributed by atoms with Crippen molar-refractivity contribution in [1.29, 1.82) is 0 Å². The van der Waals surface area contributed by atoms with Crippen molar-refractivity contribution >= 4 is 11.6 Å². The van der Waals surface area contributed by atoms with E-state index in [2.05, 4.69) is 10.3 Å². The summed E-state index contributed by atoms with van der Waals surface area (Å²) in [5.41, 5.74) is 1.14. The van der Waals surface area contributed by atoms with Gasteiger partial charge in [0.15, 0.2) is 0 Å². The first-order valence-electron chi connectivity index (χ1n) is 4.22. The largest absolute Gasteiger partial charge is 0.310 e. The number of rotatable bonds is 1. The van der Waals surface area contributed by atoms with Crippen LogP contribution in [0.3, 0.4) is 0 Å². The van der Waals surface area contributed by atoms with Crippen LogP contribution >= 0.6 is 11.6 Å². The van der Waals surface area contributed by atoms with E-state index >= 15 is 0 Å². The Hall–Kier alpha value is -0.600. The molecule has 0 amide bonds. The van der Waals surface area contributed by atoms with Crippen LogP contribution in [0.25, 0.3) is 0 Å². The Kier molecular flexibility index (Phi) is 2.28. The first kappa shape index (κ1) is 8.02. The maximum atomic E-state index is 5.95. The molecule has 12 heavy (non-hydrogen) atoms. The van der Waals surface area contributed by atoms with E-state index in [0.29, 0.717) is 11.2 Å². The molecule has 0 aromatic carbocycles. The Labute approximate surface area is 77.0 Å². The molecule has 1 aromatic heterocycles.